The maximum absolute atomic E-state index is 11.9. The maximum Gasteiger partial charge on any atom is 0.161 e. The Kier molecular flexibility index (Phi) is 5.11. The van der Waals surface area contributed by atoms with E-state index in [4.69, 9.17) is 9.47 Å². The standard InChI is InChI=1S/C17H25NO4S/c1-23(19,20)17-5-3-2-4-14(17)18-9-8-13-6-7-15-16(12-13)22-11-10-21-15/h6-7,12,14,17-18H,2-5,8-11H2,1H3. The molecule has 2 atom stereocenters. The Hall–Kier alpha value is -1.27. The number of sulfone groups is 1. The van der Waals surface area contributed by atoms with Crippen LogP contribution in [0.5, 0.6) is 11.5 Å². The van der Waals surface area contributed by atoms with Gasteiger partial charge in [0.15, 0.2) is 21.3 Å². The van der Waals surface area contributed by atoms with E-state index in [0.29, 0.717) is 13.2 Å². The van der Waals surface area contributed by atoms with Crippen LogP contribution in [-0.2, 0) is 16.3 Å². The summed E-state index contributed by atoms with van der Waals surface area (Å²) in [6.07, 6.45) is 6.05. The van der Waals surface area contributed by atoms with E-state index in [-0.39, 0.29) is 11.3 Å². The lowest BCUT2D eigenvalue weighted by molar-refractivity contribution is 0.171. The number of hydrogen-bond donors (Lipinski definition) is 1. The SMILES string of the molecule is CS(=O)(=O)C1CCCCC1NCCc1ccc2c(c1)OCCO2. The molecule has 128 valence electrons. The van der Waals surface area contributed by atoms with E-state index in [1.165, 1.54) is 11.8 Å². The zero-order chi connectivity index (χ0) is 16.3. The topological polar surface area (TPSA) is 64.6 Å². The van der Waals surface area contributed by atoms with Gasteiger partial charge >= 0.3 is 0 Å². The van der Waals surface area contributed by atoms with Crippen molar-refractivity contribution in [1.29, 1.82) is 0 Å². The second-order valence-electron chi connectivity index (χ2n) is 6.44. The number of hydrogen-bond acceptors (Lipinski definition) is 5. The van der Waals surface area contributed by atoms with Gasteiger partial charge in [0.1, 0.15) is 13.2 Å². The number of ether oxygens (including phenoxy) is 2. The minimum atomic E-state index is -2.98. The Balaban J connectivity index is 1.56. The van der Waals surface area contributed by atoms with Crippen LogP contribution in [0.1, 0.15) is 31.2 Å². The van der Waals surface area contributed by atoms with Crippen molar-refractivity contribution in [2.24, 2.45) is 0 Å². The third-order valence-corrected chi connectivity index (χ3v) is 6.34. The van der Waals surface area contributed by atoms with E-state index in [1.54, 1.807) is 0 Å². The monoisotopic (exact) mass is 339 g/mol. The molecule has 1 aliphatic carbocycles. The Labute approximate surface area is 138 Å². The van der Waals surface area contributed by atoms with Crippen LogP contribution in [0.15, 0.2) is 18.2 Å². The summed E-state index contributed by atoms with van der Waals surface area (Å²) in [6, 6.07) is 6.09. The lowest BCUT2D eigenvalue weighted by Crippen LogP contribution is -2.46. The van der Waals surface area contributed by atoms with Gasteiger partial charge in [0.05, 0.1) is 5.25 Å². The number of rotatable bonds is 5. The van der Waals surface area contributed by atoms with Gasteiger partial charge in [0.2, 0.25) is 0 Å². The first-order chi connectivity index (χ1) is 11.0. The van der Waals surface area contributed by atoms with Gasteiger partial charge in [-0.15, -0.1) is 0 Å². The predicted molar refractivity (Wildman–Crippen MR) is 90.0 cm³/mol. The molecule has 0 radical (unpaired) electrons. The number of benzene rings is 1. The molecule has 6 heteroatoms. The minimum Gasteiger partial charge on any atom is -0.486 e. The summed E-state index contributed by atoms with van der Waals surface area (Å²) in [5.74, 6) is 1.61. The van der Waals surface area contributed by atoms with Crippen LogP contribution in [-0.4, -0.2) is 45.7 Å². The Morgan fingerprint density at radius 1 is 1.13 bits per heavy atom. The average molecular weight is 339 g/mol. The van der Waals surface area contributed by atoms with E-state index >= 15 is 0 Å². The summed E-state index contributed by atoms with van der Waals surface area (Å²) in [7, 11) is -2.98. The molecule has 0 spiro atoms. The molecule has 23 heavy (non-hydrogen) atoms. The molecule has 1 aliphatic heterocycles. The molecule has 1 heterocycles. The summed E-state index contributed by atoms with van der Waals surface area (Å²) in [5.41, 5.74) is 1.17. The van der Waals surface area contributed by atoms with Gasteiger partial charge in [-0.25, -0.2) is 8.42 Å². The Morgan fingerprint density at radius 3 is 2.65 bits per heavy atom. The number of nitrogens with one attached hydrogen (secondary N) is 1. The van der Waals surface area contributed by atoms with Gasteiger partial charge in [-0.3, -0.25) is 0 Å². The van der Waals surface area contributed by atoms with E-state index in [2.05, 4.69) is 5.32 Å². The third kappa shape index (κ3) is 4.18. The fourth-order valence-corrected chi connectivity index (χ4v) is 4.91. The third-order valence-electron chi connectivity index (χ3n) is 4.68. The fourth-order valence-electron chi connectivity index (χ4n) is 3.49. The summed E-state index contributed by atoms with van der Waals surface area (Å²) in [6.45, 7) is 1.96. The molecule has 1 saturated carbocycles. The molecular weight excluding hydrogens is 314 g/mol. The Bertz CT molecular complexity index is 644. The van der Waals surface area contributed by atoms with E-state index < -0.39 is 9.84 Å². The second-order valence-corrected chi connectivity index (χ2v) is 8.71. The molecule has 1 fully saturated rings. The highest BCUT2D eigenvalue weighted by Gasteiger charge is 2.32. The van der Waals surface area contributed by atoms with Crippen LogP contribution >= 0.6 is 0 Å². The first-order valence-corrected chi connectivity index (χ1v) is 10.3. The van der Waals surface area contributed by atoms with Crippen LogP contribution < -0.4 is 14.8 Å². The molecule has 0 amide bonds. The molecule has 5 nitrogen and oxygen atoms in total. The van der Waals surface area contributed by atoms with Gasteiger partial charge in [-0.2, -0.15) is 0 Å². The van der Waals surface area contributed by atoms with E-state index in [0.717, 1.165) is 50.1 Å². The van der Waals surface area contributed by atoms with Crippen molar-refractivity contribution in [1.82, 2.24) is 5.32 Å². The lowest BCUT2D eigenvalue weighted by atomic mass is 9.94. The molecule has 0 bridgehead atoms. The van der Waals surface area contributed by atoms with Crippen molar-refractivity contribution in [2.45, 2.75) is 43.4 Å². The van der Waals surface area contributed by atoms with Crippen molar-refractivity contribution >= 4 is 9.84 Å². The van der Waals surface area contributed by atoms with Gasteiger partial charge in [-0.1, -0.05) is 18.9 Å². The smallest absolute Gasteiger partial charge is 0.161 e. The van der Waals surface area contributed by atoms with Gasteiger partial charge in [-0.05, 0) is 43.5 Å². The molecule has 1 N–H and O–H groups in total. The molecule has 1 aromatic rings. The zero-order valence-corrected chi connectivity index (χ0v) is 14.4. The minimum absolute atomic E-state index is 0.0796. The highest BCUT2D eigenvalue weighted by molar-refractivity contribution is 7.91. The second kappa shape index (κ2) is 7.09. The quantitative estimate of drug-likeness (QED) is 0.888. The first-order valence-electron chi connectivity index (χ1n) is 8.35. The molecule has 2 aliphatic rings. The van der Waals surface area contributed by atoms with Gasteiger partial charge in [0, 0.05) is 12.3 Å². The summed E-state index contributed by atoms with van der Waals surface area (Å²) >= 11 is 0. The fraction of sp³-hybridized carbons (Fsp3) is 0.647. The van der Waals surface area contributed by atoms with Crippen molar-refractivity contribution < 1.29 is 17.9 Å². The molecule has 2 unspecified atom stereocenters. The number of fused-ring (bicyclic) bond motifs is 1. The largest absolute Gasteiger partial charge is 0.486 e. The summed E-state index contributed by atoms with van der Waals surface area (Å²) < 4.78 is 35.0. The average Bonchev–Trinajstić information content (AvgIpc) is 2.54. The first kappa shape index (κ1) is 16.6. The molecule has 0 saturated heterocycles. The lowest BCUT2D eigenvalue weighted by Gasteiger charge is -2.31. The maximum atomic E-state index is 11.9. The van der Waals surface area contributed by atoms with Crippen LogP contribution in [0, 0.1) is 0 Å². The predicted octanol–water partition coefficient (Wildman–Crippen LogP) is 1.95. The molecular formula is C17H25NO4S. The summed E-state index contributed by atoms with van der Waals surface area (Å²) in [4.78, 5) is 0. The van der Waals surface area contributed by atoms with E-state index in [1.807, 2.05) is 18.2 Å². The summed E-state index contributed by atoms with van der Waals surface area (Å²) in [5, 5.41) is 3.22. The Morgan fingerprint density at radius 2 is 1.87 bits per heavy atom. The van der Waals surface area contributed by atoms with Crippen molar-refractivity contribution in [2.75, 3.05) is 26.0 Å². The van der Waals surface area contributed by atoms with Crippen LogP contribution in [0.25, 0.3) is 0 Å². The van der Waals surface area contributed by atoms with Crippen LogP contribution in [0.4, 0.5) is 0 Å². The van der Waals surface area contributed by atoms with E-state index in [9.17, 15) is 8.42 Å². The zero-order valence-electron chi connectivity index (χ0n) is 13.6. The van der Waals surface area contributed by atoms with Crippen molar-refractivity contribution in [3.8, 4) is 11.5 Å². The molecule has 1 aromatic carbocycles. The van der Waals surface area contributed by atoms with Gasteiger partial charge in [0.25, 0.3) is 0 Å². The van der Waals surface area contributed by atoms with Crippen LogP contribution in [0.2, 0.25) is 0 Å². The molecule has 3 rings (SSSR count). The van der Waals surface area contributed by atoms with Gasteiger partial charge < -0.3 is 14.8 Å². The highest BCUT2D eigenvalue weighted by atomic mass is 32.2. The molecule has 0 aromatic heterocycles. The van der Waals surface area contributed by atoms with Crippen molar-refractivity contribution in [3.05, 3.63) is 23.8 Å². The normalized spacial score (nSPS) is 24.4. The van der Waals surface area contributed by atoms with Crippen molar-refractivity contribution in [3.63, 3.8) is 0 Å². The van der Waals surface area contributed by atoms with Crippen LogP contribution in [0.3, 0.4) is 0 Å². The highest BCUT2D eigenvalue weighted by Crippen LogP contribution is 2.31.